The van der Waals surface area contributed by atoms with Crippen molar-refractivity contribution >= 4 is 28.9 Å². The Hall–Kier alpha value is -1.22. The van der Waals surface area contributed by atoms with E-state index in [1.165, 1.54) is 0 Å². The number of hydrogen-bond acceptors (Lipinski definition) is 2. The third-order valence-electron chi connectivity index (χ3n) is 2.57. The highest BCUT2D eigenvalue weighted by atomic mass is 35.5. The van der Waals surface area contributed by atoms with Gasteiger partial charge < -0.3 is 10.8 Å². The van der Waals surface area contributed by atoms with Gasteiger partial charge in [-0.1, -0.05) is 53.5 Å². The number of nitrogens with two attached hydrogens (primary N) is 1. The Morgan fingerprint density at radius 1 is 0.941 bits per heavy atom. The van der Waals surface area contributed by atoms with Crippen LogP contribution in [0.15, 0.2) is 42.5 Å². The molecule has 0 aromatic heterocycles. The molecule has 0 saturated heterocycles. The fourth-order valence-corrected chi connectivity index (χ4v) is 2.07. The van der Waals surface area contributed by atoms with E-state index in [9.17, 15) is 5.11 Å². The summed E-state index contributed by atoms with van der Waals surface area (Å²) in [4.78, 5) is 0. The Morgan fingerprint density at radius 3 is 2.29 bits per heavy atom. The number of para-hydroxylation sites is 1. The lowest BCUT2D eigenvalue weighted by atomic mass is 10.00. The molecule has 2 aromatic carbocycles. The van der Waals surface area contributed by atoms with E-state index < -0.39 is 6.10 Å². The second-order valence-electron chi connectivity index (χ2n) is 3.67. The number of halogens is 2. The van der Waals surface area contributed by atoms with Gasteiger partial charge in [-0.15, -0.1) is 0 Å². The summed E-state index contributed by atoms with van der Waals surface area (Å²) in [6.07, 6.45) is -0.873. The van der Waals surface area contributed by atoms with Crippen molar-refractivity contribution in [1.82, 2.24) is 0 Å². The van der Waals surface area contributed by atoms with Crippen molar-refractivity contribution in [2.75, 3.05) is 5.73 Å². The Labute approximate surface area is 110 Å². The van der Waals surface area contributed by atoms with Crippen LogP contribution in [-0.2, 0) is 0 Å². The summed E-state index contributed by atoms with van der Waals surface area (Å²) in [5.41, 5.74) is 7.51. The molecule has 0 bridgehead atoms. The largest absolute Gasteiger partial charge is 0.398 e. The number of aliphatic hydroxyl groups excluding tert-OH is 1. The molecule has 0 fully saturated rings. The molecule has 0 aliphatic heterocycles. The van der Waals surface area contributed by atoms with Gasteiger partial charge in [0, 0.05) is 16.8 Å². The molecule has 0 spiro atoms. The molecule has 0 heterocycles. The third-order valence-corrected chi connectivity index (χ3v) is 3.40. The van der Waals surface area contributed by atoms with Gasteiger partial charge in [-0.3, -0.25) is 0 Å². The van der Waals surface area contributed by atoms with Crippen molar-refractivity contribution in [3.63, 3.8) is 0 Å². The van der Waals surface area contributed by atoms with Crippen molar-refractivity contribution in [1.29, 1.82) is 0 Å². The number of rotatable bonds is 2. The van der Waals surface area contributed by atoms with Crippen molar-refractivity contribution in [3.8, 4) is 0 Å². The lowest BCUT2D eigenvalue weighted by Crippen LogP contribution is -2.04. The highest BCUT2D eigenvalue weighted by Crippen LogP contribution is 2.34. The van der Waals surface area contributed by atoms with Crippen molar-refractivity contribution in [3.05, 3.63) is 63.6 Å². The van der Waals surface area contributed by atoms with Gasteiger partial charge in [-0.25, -0.2) is 0 Å². The van der Waals surface area contributed by atoms with Gasteiger partial charge in [0.05, 0.1) is 10.0 Å². The molecular weight excluding hydrogens is 257 g/mol. The summed E-state index contributed by atoms with van der Waals surface area (Å²) < 4.78 is 0. The Kier molecular flexibility index (Phi) is 3.57. The summed E-state index contributed by atoms with van der Waals surface area (Å²) in [5.74, 6) is 0. The van der Waals surface area contributed by atoms with Crippen LogP contribution in [0.25, 0.3) is 0 Å². The van der Waals surface area contributed by atoms with Crippen LogP contribution in [0, 0.1) is 0 Å². The number of aliphatic hydroxyl groups is 1. The molecule has 0 radical (unpaired) electrons. The lowest BCUT2D eigenvalue weighted by molar-refractivity contribution is 0.221. The molecule has 1 atom stereocenters. The first kappa shape index (κ1) is 12.2. The molecule has 17 heavy (non-hydrogen) atoms. The zero-order valence-electron chi connectivity index (χ0n) is 8.90. The molecule has 1 unspecified atom stereocenters. The summed E-state index contributed by atoms with van der Waals surface area (Å²) >= 11 is 12.0. The van der Waals surface area contributed by atoms with Crippen LogP contribution >= 0.6 is 23.2 Å². The predicted octanol–water partition coefficient (Wildman–Crippen LogP) is 3.66. The predicted molar refractivity (Wildman–Crippen MR) is 71.4 cm³/mol. The van der Waals surface area contributed by atoms with Gasteiger partial charge in [-0.2, -0.15) is 0 Å². The SMILES string of the molecule is Nc1ccccc1C(O)c1cccc(Cl)c1Cl. The Balaban J connectivity index is 2.48. The summed E-state index contributed by atoms with van der Waals surface area (Å²) in [7, 11) is 0. The fraction of sp³-hybridized carbons (Fsp3) is 0.0769. The molecule has 2 rings (SSSR count). The van der Waals surface area contributed by atoms with Crippen LogP contribution in [0.2, 0.25) is 10.0 Å². The average Bonchev–Trinajstić information content (AvgIpc) is 2.32. The average molecular weight is 268 g/mol. The number of nitrogen functional groups attached to an aromatic ring is 1. The minimum Gasteiger partial charge on any atom is -0.398 e. The van der Waals surface area contributed by atoms with Crippen LogP contribution in [0.3, 0.4) is 0 Å². The first-order chi connectivity index (χ1) is 8.11. The van der Waals surface area contributed by atoms with Crippen LogP contribution in [0.5, 0.6) is 0 Å². The summed E-state index contributed by atoms with van der Waals surface area (Å²) in [6, 6.07) is 12.3. The molecule has 0 saturated carbocycles. The van der Waals surface area contributed by atoms with Gasteiger partial charge in [0.25, 0.3) is 0 Å². The molecule has 0 aliphatic rings. The highest BCUT2D eigenvalue weighted by molar-refractivity contribution is 6.42. The van der Waals surface area contributed by atoms with E-state index in [0.29, 0.717) is 26.9 Å². The Morgan fingerprint density at radius 2 is 1.59 bits per heavy atom. The first-order valence-electron chi connectivity index (χ1n) is 5.07. The molecule has 88 valence electrons. The molecular formula is C13H11Cl2NO. The maximum Gasteiger partial charge on any atom is 0.108 e. The van der Waals surface area contributed by atoms with Crippen LogP contribution in [-0.4, -0.2) is 5.11 Å². The van der Waals surface area contributed by atoms with Crippen molar-refractivity contribution < 1.29 is 5.11 Å². The first-order valence-corrected chi connectivity index (χ1v) is 5.83. The Bertz CT molecular complexity index is 543. The fourth-order valence-electron chi connectivity index (χ4n) is 1.66. The van der Waals surface area contributed by atoms with Crippen molar-refractivity contribution in [2.24, 2.45) is 0 Å². The highest BCUT2D eigenvalue weighted by Gasteiger charge is 2.17. The molecule has 0 aliphatic carbocycles. The van der Waals surface area contributed by atoms with Gasteiger partial charge in [0.2, 0.25) is 0 Å². The smallest absolute Gasteiger partial charge is 0.108 e. The number of benzene rings is 2. The van der Waals surface area contributed by atoms with E-state index in [4.69, 9.17) is 28.9 Å². The maximum atomic E-state index is 10.3. The third kappa shape index (κ3) is 2.39. The second-order valence-corrected chi connectivity index (χ2v) is 4.46. The van der Waals surface area contributed by atoms with E-state index in [0.717, 1.165) is 0 Å². The van der Waals surface area contributed by atoms with Crippen LogP contribution in [0.1, 0.15) is 17.2 Å². The molecule has 4 heteroatoms. The topological polar surface area (TPSA) is 46.2 Å². The van der Waals surface area contributed by atoms with Gasteiger partial charge >= 0.3 is 0 Å². The molecule has 0 amide bonds. The molecule has 2 nitrogen and oxygen atoms in total. The van der Waals surface area contributed by atoms with E-state index in [2.05, 4.69) is 0 Å². The van der Waals surface area contributed by atoms with Gasteiger partial charge in [0.1, 0.15) is 6.10 Å². The van der Waals surface area contributed by atoms with Crippen molar-refractivity contribution in [2.45, 2.75) is 6.10 Å². The lowest BCUT2D eigenvalue weighted by Gasteiger charge is -2.15. The van der Waals surface area contributed by atoms with E-state index in [1.54, 1.807) is 30.3 Å². The van der Waals surface area contributed by atoms with Gasteiger partial charge in [-0.05, 0) is 12.1 Å². The standard InChI is InChI=1S/C13H11Cl2NO/c14-10-6-3-5-9(12(10)15)13(17)8-4-1-2-7-11(8)16/h1-7,13,17H,16H2. The van der Waals surface area contributed by atoms with E-state index in [1.807, 2.05) is 12.1 Å². The zero-order chi connectivity index (χ0) is 12.4. The van der Waals surface area contributed by atoms with E-state index >= 15 is 0 Å². The second kappa shape index (κ2) is 4.96. The minimum absolute atomic E-state index is 0.352. The van der Waals surface area contributed by atoms with Crippen LogP contribution < -0.4 is 5.73 Å². The summed E-state index contributed by atoms with van der Waals surface area (Å²) in [5, 5.41) is 11.0. The molecule has 2 aromatic rings. The zero-order valence-corrected chi connectivity index (χ0v) is 10.4. The monoisotopic (exact) mass is 267 g/mol. The number of anilines is 1. The number of hydrogen-bond donors (Lipinski definition) is 2. The maximum absolute atomic E-state index is 10.3. The normalized spacial score (nSPS) is 12.4. The summed E-state index contributed by atoms with van der Waals surface area (Å²) in [6.45, 7) is 0. The van der Waals surface area contributed by atoms with Crippen LogP contribution in [0.4, 0.5) is 5.69 Å². The van der Waals surface area contributed by atoms with E-state index in [-0.39, 0.29) is 0 Å². The molecule has 3 N–H and O–H groups in total. The van der Waals surface area contributed by atoms with Gasteiger partial charge in [0.15, 0.2) is 0 Å². The minimum atomic E-state index is -0.873. The quantitative estimate of drug-likeness (QED) is 0.816.